The number of hydrogen-bond donors (Lipinski definition) is 0. The van der Waals surface area contributed by atoms with E-state index in [0.29, 0.717) is 0 Å². The van der Waals surface area contributed by atoms with Gasteiger partial charge >= 0.3 is 0 Å². The lowest BCUT2D eigenvalue weighted by atomic mass is 9.99. The van der Waals surface area contributed by atoms with Gasteiger partial charge in [-0.2, -0.15) is 0 Å². The molecule has 0 radical (unpaired) electrons. The van der Waals surface area contributed by atoms with Gasteiger partial charge in [0, 0.05) is 0 Å². The van der Waals surface area contributed by atoms with Crippen LogP contribution in [-0.4, -0.2) is 0 Å². The predicted octanol–water partition coefficient (Wildman–Crippen LogP) is 4.09. The van der Waals surface area contributed by atoms with E-state index in [-0.39, 0.29) is 5.82 Å². The van der Waals surface area contributed by atoms with Crippen molar-refractivity contribution in [3.63, 3.8) is 0 Å². The fourth-order valence-electron chi connectivity index (χ4n) is 1.16. The van der Waals surface area contributed by atoms with Crippen molar-refractivity contribution in [2.75, 3.05) is 0 Å². The van der Waals surface area contributed by atoms with E-state index in [4.69, 9.17) is 0 Å². The molecule has 0 atom stereocenters. The van der Waals surface area contributed by atoms with E-state index in [1.165, 1.54) is 5.56 Å². The fourth-order valence-corrected chi connectivity index (χ4v) is 1.16. The van der Waals surface area contributed by atoms with Crippen molar-refractivity contribution in [3.05, 3.63) is 34.1 Å². The first kappa shape index (κ1) is 12.2. The second kappa shape index (κ2) is 5.00. The van der Waals surface area contributed by atoms with E-state index in [9.17, 15) is 4.39 Å². The molecule has 1 rings (SSSR count). The molecule has 0 bridgehead atoms. The molecule has 1 heteroatoms. The molecule has 0 unspecified atom stereocenters. The Morgan fingerprint density at radius 3 is 1.77 bits per heavy atom. The summed E-state index contributed by atoms with van der Waals surface area (Å²) < 4.78 is 13.0. The topological polar surface area (TPSA) is 0 Å². The molecular weight excluding hydrogens is 163 g/mol. The summed E-state index contributed by atoms with van der Waals surface area (Å²) in [6, 6.07) is 1.59. The average molecular weight is 182 g/mol. The van der Waals surface area contributed by atoms with Crippen LogP contribution < -0.4 is 0 Å². The SMILES string of the molecule is CC.Cc1cc(F)c(C)c(C)c1C. The van der Waals surface area contributed by atoms with E-state index < -0.39 is 0 Å². The Morgan fingerprint density at radius 2 is 1.31 bits per heavy atom. The molecule has 1 aromatic carbocycles. The first-order chi connectivity index (χ1) is 6.04. The standard InChI is InChI=1S/C10H13F.C2H6/c1-6-5-10(11)9(4)8(3)7(6)2;1-2/h5H,1-4H3;1-2H3. The van der Waals surface area contributed by atoms with Gasteiger partial charge in [-0.05, 0) is 56.0 Å². The van der Waals surface area contributed by atoms with Crippen LogP contribution in [0.25, 0.3) is 0 Å². The lowest BCUT2D eigenvalue weighted by Gasteiger charge is -2.08. The minimum Gasteiger partial charge on any atom is -0.207 e. The molecule has 0 saturated heterocycles. The second-order valence-corrected chi connectivity index (χ2v) is 3.05. The van der Waals surface area contributed by atoms with Crippen molar-refractivity contribution in [3.8, 4) is 0 Å². The molecule has 0 aliphatic heterocycles. The van der Waals surface area contributed by atoms with Gasteiger partial charge in [-0.15, -0.1) is 0 Å². The van der Waals surface area contributed by atoms with E-state index in [2.05, 4.69) is 0 Å². The number of halogens is 1. The summed E-state index contributed by atoms with van der Waals surface area (Å²) >= 11 is 0. The number of hydrogen-bond acceptors (Lipinski definition) is 0. The minimum atomic E-state index is -0.0920. The Kier molecular flexibility index (Phi) is 4.68. The third-order valence-electron chi connectivity index (χ3n) is 2.42. The maximum absolute atomic E-state index is 13.0. The summed E-state index contributed by atoms with van der Waals surface area (Å²) in [5, 5.41) is 0. The van der Waals surface area contributed by atoms with Gasteiger partial charge < -0.3 is 0 Å². The smallest absolute Gasteiger partial charge is 0.126 e. The number of rotatable bonds is 0. The van der Waals surface area contributed by atoms with Crippen molar-refractivity contribution in [1.29, 1.82) is 0 Å². The Bertz CT molecular complexity index is 261. The maximum Gasteiger partial charge on any atom is 0.126 e. The molecule has 0 nitrogen and oxygen atoms in total. The van der Waals surface area contributed by atoms with Gasteiger partial charge in [-0.1, -0.05) is 13.8 Å². The summed E-state index contributed by atoms with van der Waals surface area (Å²) in [6.45, 7) is 11.7. The largest absolute Gasteiger partial charge is 0.207 e. The third kappa shape index (κ3) is 2.55. The van der Waals surface area contributed by atoms with Gasteiger partial charge in [0.1, 0.15) is 5.82 Å². The highest BCUT2D eigenvalue weighted by molar-refractivity contribution is 5.38. The molecule has 0 heterocycles. The van der Waals surface area contributed by atoms with Crippen LogP contribution >= 0.6 is 0 Å². The summed E-state index contributed by atoms with van der Waals surface area (Å²) in [4.78, 5) is 0. The Morgan fingerprint density at radius 1 is 0.846 bits per heavy atom. The lowest BCUT2D eigenvalue weighted by Crippen LogP contribution is -1.94. The van der Waals surface area contributed by atoms with Crippen LogP contribution in [0.2, 0.25) is 0 Å². The number of aryl methyl sites for hydroxylation is 1. The normalized spacial score (nSPS) is 9.15. The molecule has 0 aliphatic rings. The molecule has 0 N–H and O–H groups in total. The van der Waals surface area contributed by atoms with E-state index in [1.807, 2.05) is 41.5 Å². The third-order valence-corrected chi connectivity index (χ3v) is 2.42. The Balaban J connectivity index is 0.000000671. The van der Waals surface area contributed by atoms with Gasteiger partial charge in [-0.25, -0.2) is 4.39 Å². The molecule has 0 fully saturated rings. The highest BCUT2D eigenvalue weighted by Crippen LogP contribution is 2.19. The molecule has 1 aromatic rings. The van der Waals surface area contributed by atoms with Crippen molar-refractivity contribution in [2.45, 2.75) is 41.5 Å². The average Bonchev–Trinajstić information content (AvgIpc) is 2.15. The first-order valence-electron chi connectivity index (χ1n) is 4.77. The molecular formula is C12H19F. The van der Waals surface area contributed by atoms with E-state index in [0.717, 1.165) is 16.7 Å². The minimum absolute atomic E-state index is 0.0920. The van der Waals surface area contributed by atoms with Crippen molar-refractivity contribution in [2.24, 2.45) is 0 Å². The maximum atomic E-state index is 13.0. The summed E-state index contributed by atoms with van der Waals surface area (Å²) in [5.41, 5.74) is 4.07. The second-order valence-electron chi connectivity index (χ2n) is 3.05. The fraction of sp³-hybridized carbons (Fsp3) is 0.500. The molecule has 0 saturated carbocycles. The molecule has 0 spiro atoms. The van der Waals surface area contributed by atoms with E-state index >= 15 is 0 Å². The highest BCUT2D eigenvalue weighted by Gasteiger charge is 2.05. The molecule has 0 amide bonds. The zero-order chi connectivity index (χ0) is 10.6. The predicted molar refractivity (Wildman–Crippen MR) is 56.7 cm³/mol. The van der Waals surface area contributed by atoms with Crippen LogP contribution in [-0.2, 0) is 0 Å². The molecule has 13 heavy (non-hydrogen) atoms. The summed E-state index contributed by atoms with van der Waals surface area (Å²) in [6.07, 6.45) is 0. The first-order valence-corrected chi connectivity index (χ1v) is 4.77. The van der Waals surface area contributed by atoms with Crippen LogP contribution in [0.4, 0.5) is 4.39 Å². The summed E-state index contributed by atoms with van der Waals surface area (Å²) in [7, 11) is 0. The molecule has 0 aliphatic carbocycles. The van der Waals surface area contributed by atoms with Gasteiger partial charge in [0.15, 0.2) is 0 Å². The van der Waals surface area contributed by atoms with Gasteiger partial charge in [0.2, 0.25) is 0 Å². The zero-order valence-electron chi connectivity index (χ0n) is 9.46. The molecule has 74 valence electrons. The van der Waals surface area contributed by atoms with Gasteiger partial charge in [-0.3, -0.25) is 0 Å². The van der Waals surface area contributed by atoms with Crippen LogP contribution in [0.1, 0.15) is 36.1 Å². The molecule has 0 aromatic heterocycles. The van der Waals surface area contributed by atoms with Crippen molar-refractivity contribution >= 4 is 0 Å². The highest BCUT2D eigenvalue weighted by atomic mass is 19.1. The van der Waals surface area contributed by atoms with Crippen LogP contribution in [0.15, 0.2) is 6.07 Å². The van der Waals surface area contributed by atoms with Crippen LogP contribution in [0.3, 0.4) is 0 Å². The lowest BCUT2D eigenvalue weighted by molar-refractivity contribution is 0.615. The van der Waals surface area contributed by atoms with Gasteiger partial charge in [0.25, 0.3) is 0 Å². The summed E-state index contributed by atoms with van der Waals surface area (Å²) in [5.74, 6) is -0.0920. The quantitative estimate of drug-likeness (QED) is 0.567. The monoisotopic (exact) mass is 182 g/mol. The van der Waals surface area contributed by atoms with Gasteiger partial charge in [0.05, 0.1) is 0 Å². The van der Waals surface area contributed by atoms with E-state index in [1.54, 1.807) is 6.07 Å². The number of benzene rings is 1. The Labute approximate surface area is 80.8 Å². The van der Waals surface area contributed by atoms with Crippen molar-refractivity contribution < 1.29 is 4.39 Å². The van der Waals surface area contributed by atoms with Crippen molar-refractivity contribution in [1.82, 2.24) is 0 Å². The zero-order valence-corrected chi connectivity index (χ0v) is 9.46. The Hall–Kier alpha value is -0.850. The van der Waals surface area contributed by atoms with Crippen LogP contribution in [0.5, 0.6) is 0 Å². The van der Waals surface area contributed by atoms with Crippen LogP contribution in [0, 0.1) is 33.5 Å².